The van der Waals surface area contributed by atoms with Crippen molar-refractivity contribution in [1.82, 2.24) is 15.1 Å². The van der Waals surface area contributed by atoms with Crippen molar-refractivity contribution in [3.8, 4) is 0 Å². The van der Waals surface area contributed by atoms with E-state index in [1.54, 1.807) is 0 Å². The lowest BCUT2D eigenvalue weighted by molar-refractivity contribution is 0.282. The van der Waals surface area contributed by atoms with Crippen molar-refractivity contribution in [2.24, 2.45) is 0 Å². The smallest absolute Gasteiger partial charge is 0.0537 e. The standard InChI is InChI=1S/C11H17N3/c1-3-10(4-1)14-11-5-2-6-12-7-9(11)8-13-14/h8,10,12H,1-7H2. The van der Waals surface area contributed by atoms with Crippen LogP contribution in [0.1, 0.15) is 43.0 Å². The molecule has 3 nitrogen and oxygen atoms in total. The van der Waals surface area contributed by atoms with Crippen LogP contribution in [-0.2, 0) is 13.0 Å². The second kappa shape index (κ2) is 3.39. The predicted octanol–water partition coefficient (Wildman–Crippen LogP) is 1.64. The number of fused-ring (bicyclic) bond motifs is 1. The quantitative estimate of drug-likeness (QED) is 0.731. The minimum Gasteiger partial charge on any atom is -0.313 e. The van der Waals surface area contributed by atoms with Crippen LogP contribution in [0.5, 0.6) is 0 Å². The predicted molar refractivity (Wildman–Crippen MR) is 55.1 cm³/mol. The Kier molecular flexibility index (Phi) is 2.05. The second-order valence-corrected chi connectivity index (χ2v) is 4.43. The third kappa shape index (κ3) is 1.27. The van der Waals surface area contributed by atoms with Crippen molar-refractivity contribution in [3.05, 3.63) is 17.5 Å². The number of nitrogens with one attached hydrogen (secondary N) is 1. The molecular formula is C11H17N3. The molecule has 76 valence electrons. The van der Waals surface area contributed by atoms with Crippen molar-refractivity contribution in [2.45, 2.75) is 44.7 Å². The lowest BCUT2D eigenvalue weighted by Gasteiger charge is -2.27. The number of rotatable bonds is 1. The first kappa shape index (κ1) is 8.48. The Morgan fingerprint density at radius 3 is 3.07 bits per heavy atom. The van der Waals surface area contributed by atoms with Crippen LogP contribution in [-0.4, -0.2) is 16.3 Å². The van der Waals surface area contributed by atoms with Gasteiger partial charge in [-0.1, -0.05) is 0 Å². The third-order valence-corrected chi connectivity index (χ3v) is 3.49. The van der Waals surface area contributed by atoms with Crippen molar-refractivity contribution in [3.63, 3.8) is 0 Å². The molecule has 1 fully saturated rings. The molecule has 0 aromatic carbocycles. The van der Waals surface area contributed by atoms with Crippen molar-refractivity contribution >= 4 is 0 Å². The molecule has 0 unspecified atom stereocenters. The molecule has 0 saturated heterocycles. The molecule has 2 aliphatic rings. The largest absolute Gasteiger partial charge is 0.313 e. The van der Waals surface area contributed by atoms with Gasteiger partial charge in [0, 0.05) is 17.8 Å². The molecule has 0 radical (unpaired) electrons. The Morgan fingerprint density at radius 2 is 2.29 bits per heavy atom. The summed E-state index contributed by atoms with van der Waals surface area (Å²) >= 11 is 0. The molecule has 1 N–H and O–H groups in total. The zero-order valence-electron chi connectivity index (χ0n) is 8.50. The molecule has 2 heterocycles. The number of hydrogen-bond donors (Lipinski definition) is 1. The first-order valence-corrected chi connectivity index (χ1v) is 5.71. The molecule has 1 aliphatic heterocycles. The summed E-state index contributed by atoms with van der Waals surface area (Å²) in [6, 6.07) is 0.719. The SMILES string of the molecule is c1nn(C2CCC2)c2c1CNCCC2. The van der Waals surface area contributed by atoms with E-state index in [0.29, 0.717) is 0 Å². The van der Waals surface area contributed by atoms with Crippen LogP contribution < -0.4 is 5.32 Å². The summed E-state index contributed by atoms with van der Waals surface area (Å²) in [5.74, 6) is 0. The average molecular weight is 191 g/mol. The van der Waals surface area contributed by atoms with E-state index in [1.807, 2.05) is 0 Å². The number of hydrogen-bond acceptors (Lipinski definition) is 2. The maximum Gasteiger partial charge on any atom is 0.0537 e. The highest BCUT2D eigenvalue weighted by atomic mass is 15.3. The van der Waals surface area contributed by atoms with Gasteiger partial charge in [0.05, 0.1) is 12.2 Å². The summed E-state index contributed by atoms with van der Waals surface area (Å²) in [5, 5.41) is 7.98. The van der Waals surface area contributed by atoms with Gasteiger partial charge in [-0.15, -0.1) is 0 Å². The Labute approximate surface area is 84.5 Å². The van der Waals surface area contributed by atoms with E-state index < -0.39 is 0 Å². The van der Waals surface area contributed by atoms with Crippen LogP contribution >= 0.6 is 0 Å². The van der Waals surface area contributed by atoms with Crippen LogP contribution in [0.25, 0.3) is 0 Å². The summed E-state index contributed by atoms with van der Waals surface area (Å²) in [5.41, 5.74) is 2.93. The lowest BCUT2D eigenvalue weighted by Crippen LogP contribution is -2.20. The minimum absolute atomic E-state index is 0.719. The van der Waals surface area contributed by atoms with Gasteiger partial charge < -0.3 is 5.32 Å². The summed E-state index contributed by atoms with van der Waals surface area (Å²) in [7, 11) is 0. The highest BCUT2D eigenvalue weighted by Gasteiger charge is 2.24. The molecule has 14 heavy (non-hydrogen) atoms. The van der Waals surface area contributed by atoms with Gasteiger partial charge in [-0.25, -0.2) is 0 Å². The van der Waals surface area contributed by atoms with Gasteiger partial charge in [0.1, 0.15) is 0 Å². The van der Waals surface area contributed by atoms with Crippen LogP contribution in [0.2, 0.25) is 0 Å². The van der Waals surface area contributed by atoms with Crippen LogP contribution in [0.4, 0.5) is 0 Å². The molecule has 1 saturated carbocycles. The summed E-state index contributed by atoms with van der Waals surface area (Å²) in [4.78, 5) is 0. The minimum atomic E-state index is 0.719. The maximum atomic E-state index is 4.54. The first-order chi connectivity index (χ1) is 6.95. The van der Waals surface area contributed by atoms with E-state index in [0.717, 1.165) is 19.1 Å². The van der Waals surface area contributed by atoms with E-state index in [2.05, 4.69) is 21.3 Å². The molecule has 0 atom stereocenters. The zero-order chi connectivity index (χ0) is 9.38. The van der Waals surface area contributed by atoms with Crippen molar-refractivity contribution in [1.29, 1.82) is 0 Å². The van der Waals surface area contributed by atoms with Crippen LogP contribution in [0.3, 0.4) is 0 Å². The Hall–Kier alpha value is -0.830. The van der Waals surface area contributed by atoms with E-state index in [-0.39, 0.29) is 0 Å². The first-order valence-electron chi connectivity index (χ1n) is 5.71. The molecule has 3 rings (SSSR count). The van der Waals surface area contributed by atoms with Gasteiger partial charge in [0.15, 0.2) is 0 Å². The summed E-state index contributed by atoms with van der Waals surface area (Å²) < 4.78 is 2.30. The Morgan fingerprint density at radius 1 is 1.36 bits per heavy atom. The number of nitrogens with zero attached hydrogens (tertiary/aromatic N) is 2. The highest BCUT2D eigenvalue weighted by Crippen LogP contribution is 2.33. The van der Waals surface area contributed by atoms with Gasteiger partial charge in [0.25, 0.3) is 0 Å². The maximum absolute atomic E-state index is 4.54. The highest BCUT2D eigenvalue weighted by molar-refractivity contribution is 5.20. The Bertz CT molecular complexity index is 325. The molecule has 0 bridgehead atoms. The fourth-order valence-electron chi connectivity index (χ4n) is 2.40. The van der Waals surface area contributed by atoms with Gasteiger partial charge in [-0.2, -0.15) is 5.10 Å². The van der Waals surface area contributed by atoms with E-state index in [9.17, 15) is 0 Å². The van der Waals surface area contributed by atoms with E-state index >= 15 is 0 Å². The topological polar surface area (TPSA) is 29.9 Å². The average Bonchev–Trinajstić information content (AvgIpc) is 2.36. The second-order valence-electron chi connectivity index (χ2n) is 4.43. The van der Waals surface area contributed by atoms with E-state index in [4.69, 9.17) is 0 Å². The molecule has 1 aromatic heterocycles. The fourth-order valence-corrected chi connectivity index (χ4v) is 2.40. The third-order valence-electron chi connectivity index (χ3n) is 3.49. The molecule has 0 amide bonds. The van der Waals surface area contributed by atoms with Gasteiger partial charge in [-0.3, -0.25) is 4.68 Å². The molecule has 1 aromatic rings. The van der Waals surface area contributed by atoms with E-state index in [1.165, 1.54) is 43.4 Å². The fraction of sp³-hybridized carbons (Fsp3) is 0.727. The van der Waals surface area contributed by atoms with Gasteiger partial charge in [-0.05, 0) is 38.6 Å². The zero-order valence-corrected chi connectivity index (χ0v) is 8.50. The summed E-state index contributed by atoms with van der Waals surface area (Å²) in [6.45, 7) is 2.17. The molecule has 1 aliphatic carbocycles. The van der Waals surface area contributed by atoms with Crippen molar-refractivity contribution < 1.29 is 0 Å². The van der Waals surface area contributed by atoms with Crippen LogP contribution in [0, 0.1) is 0 Å². The summed E-state index contributed by atoms with van der Waals surface area (Å²) in [6.07, 6.45) is 8.58. The molecule has 3 heteroatoms. The van der Waals surface area contributed by atoms with Gasteiger partial charge in [0.2, 0.25) is 0 Å². The van der Waals surface area contributed by atoms with Crippen molar-refractivity contribution in [2.75, 3.05) is 6.54 Å². The normalized spacial score (nSPS) is 22.6. The Balaban J connectivity index is 1.92. The lowest BCUT2D eigenvalue weighted by atomic mass is 9.93. The molecular weight excluding hydrogens is 174 g/mol. The van der Waals surface area contributed by atoms with Crippen LogP contribution in [0.15, 0.2) is 6.20 Å². The molecule has 0 spiro atoms. The van der Waals surface area contributed by atoms with Gasteiger partial charge >= 0.3 is 0 Å². The monoisotopic (exact) mass is 191 g/mol. The number of aromatic nitrogens is 2.